The average Bonchev–Trinajstić information content (AvgIpc) is 2.25. The Morgan fingerprint density at radius 3 is 2.50 bits per heavy atom. The average molecular weight is 211 g/mol. The largest absolute Gasteiger partial charge is 0.300 e. The minimum absolute atomic E-state index is 0.314. The molecule has 0 unspecified atom stereocenters. The lowest BCUT2D eigenvalue weighted by Gasteiger charge is -2.00. The molecule has 0 aliphatic rings. The molecule has 0 heterocycles. The van der Waals surface area contributed by atoms with Gasteiger partial charge in [0.1, 0.15) is 5.78 Å². The zero-order chi connectivity index (χ0) is 10.2. The Hall–Kier alpha value is -0.820. The van der Waals surface area contributed by atoms with Gasteiger partial charge in [-0.25, -0.2) is 0 Å². The van der Waals surface area contributed by atoms with E-state index in [2.05, 4.69) is 12.1 Å². The summed E-state index contributed by atoms with van der Waals surface area (Å²) in [6, 6.07) is 10.1. The maximum Gasteiger partial charge on any atom is 0.133 e. The molecule has 0 saturated heterocycles. The quantitative estimate of drug-likeness (QED) is 0.659. The van der Waals surface area contributed by atoms with Crippen LogP contribution < -0.4 is 0 Å². The summed E-state index contributed by atoms with van der Waals surface area (Å²) in [4.78, 5) is 11.3. The molecule has 0 aliphatic carbocycles. The topological polar surface area (TPSA) is 17.1 Å². The fourth-order valence-electron chi connectivity index (χ4n) is 1.32. The summed E-state index contributed by atoms with van der Waals surface area (Å²) in [6.45, 7) is 0. The first-order chi connectivity index (χ1) is 6.83. The van der Waals surface area contributed by atoms with E-state index in [1.807, 2.05) is 18.2 Å². The van der Waals surface area contributed by atoms with Crippen LogP contribution in [0, 0.1) is 0 Å². The van der Waals surface area contributed by atoms with Crippen LogP contribution in [0.3, 0.4) is 0 Å². The second kappa shape index (κ2) is 6.61. The number of carbonyl (C=O) groups is 1. The molecule has 0 atom stereocenters. The van der Waals surface area contributed by atoms with E-state index in [1.54, 1.807) is 0 Å². The van der Waals surface area contributed by atoms with Crippen LogP contribution in [-0.2, 0) is 11.2 Å². The molecule has 1 rings (SSSR count). The fourth-order valence-corrected chi connectivity index (χ4v) is 1.45. The monoisotopic (exact) mass is 210 g/mol. The summed E-state index contributed by atoms with van der Waals surface area (Å²) < 4.78 is 0. The third kappa shape index (κ3) is 4.43. The second-order valence-corrected chi connectivity index (χ2v) is 3.69. The number of ketones is 1. The van der Waals surface area contributed by atoms with E-state index in [4.69, 9.17) is 11.6 Å². The zero-order valence-electron chi connectivity index (χ0n) is 8.21. The second-order valence-electron chi connectivity index (χ2n) is 3.32. The minimum Gasteiger partial charge on any atom is -0.300 e. The number of Topliss-reactive ketones (excluding diaryl/α,β-unsaturated/α-hetero) is 1. The van der Waals surface area contributed by atoms with E-state index < -0.39 is 0 Å². The van der Waals surface area contributed by atoms with E-state index >= 15 is 0 Å². The molecule has 0 saturated carbocycles. The van der Waals surface area contributed by atoms with Crippen molar-refractivity contribution in [2.45, 2.75) is 25.7 Å². The molecule has 1 aromatic rings. The Labute approximate surface area is 90.1 Å². The van der Waals surface area contributed by atoms with Crippen molar-refractivity contribution in [2.75, 3.05) is 5.88 Å². The molecule has 0 spiro atoms. The lowest BCUT2D eigenvalue weighted by atomic mass is 10.1. The summed E-state index contributed by atoms with van der Waals surface area (Å²) in [5, 5.41) is 0. The minimum atomic E-state index is 0.314. The third-order valence-electron chi connectivity index (χ3n) is 2.12. The van der Waals surface area contributed by atoms with Gasteiger partial charge in [-0.3, -0.25) is 4.79 Å². The van der Waals surface area contributed by atoms with E-state index in [0.29, 0.717) is 24.5 Å². The Morgan fingerprint density at radius 2 is 1.86 bits per heavy atom. The predicted octanol–water partition coefficient (Wildman–Crippen LogP) is 3.21. The summed E-state index contributed by atoms with van der Waals surface area (Å²) in [5.41, 5.74) is 1.23. The highest BCUT2D eigenvalue weighted by Gasteiger charge is 2.01. The normalized spacial score (nSPS) is 10.1. The van der Waals surface area contributed by atoms with Crippen LogP contribution in [0.2, 0.25) is 0 Å². The van der Waals surface area contributed by atoms with Crippen molar-refractivity contribution in [3.63, 3.8) is 0 Å². The SMILES string of the molecule is O=C(CCCCl)CCc1ccccc1. The predicted molar refractivity (Wildman–Crippen MR) is 59.7 cm³/mol. The molecule has 0 aliphatic heterocycles. The van der Waals surface area contributed by atoms with Gasteiger partial charge in [-0.05, 0) is 18.4 Å². The van der Waals surface area contributed by atoms with Gasteiger partial charge in [-0.1, -0.05) is 30.3 Å². The summed E-state index contributed by atoms with van der Waals surface area (Å²) in [6.07, 6.45) is 2.91. The van der Waals surface area contributed by atoms with E-state index in [9.17, 15) is 4.79 Å². The number of hydrogen-bond acceptors (Lipinski definition) is 1. The maximum absolute atomic E-state index is 11.3. The highest BCUT2D eigenvalue weighted by atomic mass is 35.5. The Morgan fingerprint density at radius 1 is 1.14 bits per heavy atom. The van der Waals surface area contributed by atoms with Crippen LogP contribution in [0.4, 0.5) is 0 Å². The van der Waals surface area contributed by atoms with Crippen LogP contribution in [-0.4, -0.2) is 11.7 Å². The van der Waals surface area contributed by atoms with E-state index in [0.717, 1.165) is 12.8 Å². The summed E-state index contributed by atoms with van der Waals surface area (Å²) >= 11 is 5.51. The van der Waals surface area contributed by atoms with Gasteiger partial charge in [0.15, 0.2) is 0 Å². The van der Waals surface area contributed by atoms with Crippen molar-refractivity contribution in [3.8, 4) is 0 Å². The molecule has 0 aromatic heterocycles. The first-order valence-electron chi connectivity index (χ1n) is 4.94. The Kier molecular flexibility index (Phi) is 5.31. The number of halogens is 1. The molecule has 1 aromatic carbocycles. The van der Waals surface area contributed by atoms with Crippen molar-refractivity contribution < 1.29 is 4.79 Å². The highest BCUT2D eigenvalue weighted by molar-refractivity contribution is 6.17. The van der Waals surface area contributed by atoms with Crippen LogP contribution in [0.5, 0.6) is 0 Å². The van der Waals surface area contributed by atoms with Crippen molar-refractivity contribution >= 4 is 17.4 Å². The highest BCUT2D eigenvalue weighted by Crippen LogP contribution is 2.05. The lowest BCUT2D eigenvalue weighted by molar-refractivity contribution is -0.119. The number of hydrogen-bond donors (Lipinski definition) is 0. The third-order valence-corrected chi connectivity index (χ3v) is 2.39. The molecule has 76 valence electrons. The molecule has 0 radical (unpaired) electrons. The summed E-state index contributed by atoms with van der Waals surface area (Å²) in [5.74, 6) is 0.895. The van der Waals surface area contributed by atoms with Gasteiger partial charge >= 0.3 is 0 Å². The van der Waals surface area contributed by atoms with Gasteiger partial charge in [0.2, 0.25) is 0 Å². The van der Waals surface area contributed by atoms with Gasteiger partial charge in [0.05, 0.1) is 0 Å². The maximum atomic E-state index is 11.3. The van der Waals surface area contributed by atoms with Gasteiger partial charge in [0.25, 0.3) is 0 Å². The van der Waals surface area contributed by atoms with Gasteiger partial charge in [0, 0.05) is 18.7 Å². The summed E-state index contributed by atoms with van der Waals surface area (Å²) in [7, 11) is 0. The first kappa shape index (κ1) is 11.3. The smallest absolute Gasteiger partial charge is 0.133 e. The number of aryl methyl sites for hydroxylation is 1. The van der Waals surface area contributed by atoms with Crippen molar-refractivity contribution in [1.82, 2.24) is 0 Å². The Balaban J connectivity index is 2.24. The molecule has 0 bridgehead atoms. The van der Waals surface area contributed by atoms with Crippen LogP contribution in [0.15, 0.2) is 30.3 Å². The molecule has 2 heteroatoms. The van der Waals surface area contributed by atoms with Crippen molar-refractivity contribution in [1.29, 1.82) is 0 Å². The standard InChI is InChI=1S/C12H15ClO/c13-10-4-7-12(14)9-8-11-5-2-1-3-6-11/h1-3,5-6H,4,7-10H2. The van der Waals surface area contributed by atoms with Crippen molar-refractivity contribution in [3.05, 3.63) is 35.9 Å². The van der Waals surface area contributed by atoms with Crippen molar-refractivity contribution in [2.24, 2.45) is 0 Å². The Bertz CT molecular complexity index is 269. The van der Waals surface area contributed by atoms with Gasteiger partial charge in [-0.15, -0.1) is 11.6 Å². The first-order valence-corrected chi connectivity index (χ1v) is 5.48. The molecule has 0 amide bonds. The lowest BCUT2D eigenvalue weighted by Crippen LogP contribution is -2.00. The van der Waals surface area contributed by atoms with E-state index in [1.165, 1.54) is 5.56 Å². The number of alkyl halides is 1. The molecule has 14 heavy (non-hydrogen) atoms. The molecular weight excluding hydrogens is 196 g/mol. The van der Waals surface area contributed by atoms with Gasteiger partial charge in [-0.2, -0.15) is 0 Å². The van der Waals surface area contributed by atoms with Gasteiger partial charge < -0.3 is 0 Å². The molecule has 1 nitrogen and oxygen atoms in total. The number of benzene rings is 1. The van der Waals surface area contributed by atoms with Crippen LogP contribution >= 0.6 is 11.6 Å². The van der Waals surface area contributed by atoms with Crippen LogP contribution in [0.25, 0.3) is 0 Å². The zero-order valence-corrected chi connectivity index (χ0v) is 8.96. The van der Waals surface area contributed by atoms with E-state index in [-0.39, 0.29) is 0 Å². The van der Waals surface area contributed by atoms with Crippen LogP contribution in [0.1, 0.15) is 24.8 Å². The number of rotatable bonds is 6. The number of carbonyl (C=O) groups excluding carboxylic acids is 1. The fraction of sp³-hybridized carbons (Fsp3) is 0.417. The molecular formula is C12H15ClO. The molecule has 0 N–H and O–H groups in total. The molecule has 0 fully saturated rings.